The highest BCUT2D eigenvalue weighted by Gasteiger charge is 2.15. The molecule has 1 aromatic carbocycles. The van der Waals surface area contributed by atoms with E-state index in [0.717, 1.165) is 36.5 Å². The molecule has 3 nitrogen and oxygen atoms in total. The largest absolute Gasteiger partial charge is 0.495 e. The zero-order valence-corrected chi connectivity index (χ0v) is 10.4. The molecule has 88 valence electrons. The molecule has 1 heterocycles. The second-order valence-electron chi connectivity index (χ2n) is 3.85. The minimum absolute atomic E-state index is 0.691. The fraction of sp³-hybridized carbons (Fsp3) is 0.308. The molecule has 0 saturated carbocycles. The van der Waals surface area contributed by atoms with E-state index >= 15 is 0 Å². The molecule has 0 aliphatic carbocycles. The molecule has 0 unspecified atom stereocenters. The van der Waals surface area contributed by atoms with Crippen molar-refractivity contribution in [2.24, 2.45) is 0 Å². The van der Waals surface area contributed by atoms with Crippen LogP contribution in [0.5, 0.6) is 5.75 Å². The molecule has 1 aliphatic rings. The zero-order valence-electron chi connectivity index (χ0n) is 9.61. The average Bonchev–Trinajstić information content (AvgIpc) is 2.39. The van der Waals surface area contributed by atoms with Crippen LogP contribution in [0.1, 0.15) is 6.42 Å². The second-order valence-corrected chi connectivity index (χ2v) is 4.29. The summed E-state index contributed by atoms with van der Waals surface area (Å²) in [6, 6.07) is 7.76. The van der Waals surface area contributed by atoms with Gasteiger partial charge in [0.05, 0.1) is 18.9 Å². The lowest BCUT2D eigenvalue weighted by atomic mass is 10.1. The average molecular weight is 249 g/mol. The van der Waals surface area contributed by atoms with E-state index in [1.54, 1.807) is 7.11 Å². The van der Waals surface area contributed by atoms with Gasteiger partial charge in [-0.15, -0.1) is 0 Å². The quantitative estimate of drug-likeness (QED) is 0.807. The predicted molar refractivity (Wildman–Crippen MR) is 68.5 cm³/mol. The van der Waals surface area contributed by atoms with Gasteiger partial charge in [-0.1, -0.05) is 17.7 Å². The highest BCUT2D eigenvalue weighted by molar-refractivity contribution is 6.30. The van der Waals surface area contributed by atoms with Crippen LogP contribution in [0.4, 0.5) is 5.69 Å². The van der Waals surface area contributed by atoms with Gasteiger partial charge in [-0.05, 0) is 24.6 Å². The normalized spacial score (nSPS) is 15.1. The molecule has 0 bridgehead atoms. The monoisotopic (exact) mass is 248 g/mol. The first-order valence-corrected chi connectivity index (χ1v) is 5.80. The third-order valence-electron chi connectivity index (χ3n) is 2.83. The van der Waals surface area contributed by atoms with Crippen LogP contribution in [0, 0.1) is 11.3 Å². The first-order chi connectivity index (χ1) is 8.24. The fourth-order valence-electron chi connectivity index (χ4n) is 1.90. The van der Waals surface area contributed by atoms with Crippen LogP contribution in [0.3, 0.4) is 0 Å². The van der Waals surface area contributed by atoms with E-state index in [1.807, 2.05) is 24.3 Å². The number of rotatable bonds is 2. The van der Waals surface area contributed by atoms with E-state index in [9.17, 15) is 0 Å². The van der Waals surface area contributed by atoms with Gasteiger partial charge in [0.1, 0.15) is 5.75 Å². The molecular formula is C13H13ClN2O. The Labute approximate surface area is 106 Å². The number of hydrogen-bond donors (Lipinski definition) is 0. The van der Waals surface area contributed by atoms with Gasteiger partial charge in [0, 0.05) is 23.7 Å². The number of nitrogens with zero attached hydrogens (tertiary/aromatic N) is 2. The van der Waals surface area contributed by atoms with Gasteiger partial charge in [0.15, 0.2) is 0 Å². The first-order valence-electron chi connectivity index (χ1n) is 5.42. The summed E-state index contributed by atoms with van der Waals surface area (Å²) in [5, 5.41) is 9.50. The predicted octanol–water partition coefficient (Wildman–Crippen LogP) is 3.01. The Morgan fingerprint density at radius 1 is 1.47 bits per heavy atom. The van der Waals surface area contributed by atoms with Crippen molar-refractivity contribution in [3.8, 4) is 11.8 Å². The van der Waals surface area contributed by atoms with Crippen molar-refractivity contribution in [3.63, 3.8) is 0 Å². The second kappa shape index (κ2) is 5.11. The Hall–Kier alpha value is -1.66. The molecule has 1 aromatic rings. The molecule has 0 N–H and O–H groups in total. The molecule has 0 fully saturated rings. The molecule has 0 spiro atoms. The summed E-state index contributed by atoms with van der Waals surface area (Å²) in [5.74, 6) is 0.809. The molecule has 0 aromatic heterocycles. The van der Waals surface area contributed by atoms with Gasteiger partial charge in [0.2, 0.25) is 0 Å². The van der Waals surface area contributed by atoms with Crippen molar-refractivity contribution >= 4 is 17.3 Å². The highest BCUT2D eigenvalue weighted by Crippen LogP contribution is 2.32. The van der Waals surface area contributed by atoms with E-state index in [-0.39, 0.29) is 0 Å². The van der Waals surface area contributed by atoms with Gasteiger partial charge < -0.3 is 9.64 Å². The van der Waals surface area contributed by atoms with Gasteiger partial charge in [-0.3, -0.25) is 0 Å². The van der Waals surface area contributed by atoms with Gasteiger partial charge in [0.25, 0.3) is 0 Å². The van der Waals surface area contributed by atoms with E-state index in [0.29, 0.717) is 5.02 Å². The first kappa shape index (κ1) is 11.8. The van der Waals surface area contributed by atoms with Crippen LogP contribution < -0.4 is 9.64 Å². The van der Waals surface area contributed by atoms with Crippen LogP contribution in [-0.4, -0.2) is 20.2 Å². The summed E-state index contributed by atoms with van der Waals surface area (Å²) in [6.07, 6.45) is 2.72. The third kappa shape index (κ3) is 2.54. The van der Waals surface area contributed by atoms with Crippen molar-refractivity contribution in [1.29, 1.82) is 5.26 Å². The summed E-state index contributed by atoms with van der Waals surface area (Å²) in [4.78, 5) is 2.16. The number of benzene rings is 1. The van der Waals surface area contributed by atoms with Crippen molar-refractivity contribution in [1.82, 2.24) is 0 Å². The molecule has 4 heteroatoms. The van der Waals surface area contributed by atoms with Crippen LogP contribution in [0.2, 0.25) is 5.02 Å². The fourth-order valence-corrected chi connectivity index (χ4v) is 2.07. The number of ether oxygens (including phenoxy) is 1. The number of nitriles is 1. The lowest BCUT2D eigenvalue weighted by Crippen LogP contribution is -2.28. The number of halogens is 1. The van der Waals surface area contributed by atoms with E-state index in [4.69, 9.17) is 21.6 Å². The van der Waals surface area contributed by atoms with E-state index < -0.39 is 0 Å². The lowest BCUT2D eigenvalue weighted by molar-refractivity contribution is 0.414. The molecule has 2 rings (SSSR count). The minimum Gasteiger partial charge on any atom is -0.495 e. The zero-order chi connectivity index (χ0) is 12.3. The van der Waals surface area contributed by atoms with Crippen molar-refractivity contribution in [3.05, 3.63) is 34.9 Å². The SMILES string of the molecule is COc1ccc(Cl)cc1N1CC=C(C#N)CC1. The molecule has 0 saturated heterocycles. The minimum atomic E-state index is 0.691. The lowest BCUT2D eigenvalue weighted by Gasteiger charge is -2.28. The molecule has 17 heavy (non-hydrogen) atoms. The molecular weight excluding hydrogens is 236 g/mol. The topological polar surface area (TPSA) is 36.3 Å². The standard InChI is InChI=1S/C13H13ClN2O/c1-17-13-3-2-11(14)8-12(13)16-6-4-10(9-15)5-7-16/h2-4,8H,5-7H2,1H3. The maximum absolute atomic E-state index is 8.81. The van der Waals surface area contributed by atoms with E-state index in [1.165, 1.54) is 0 Å². The number of methoxy groups -OCH3 is 1. The van der Waals surface area contributed by atoms with Gasteiger partial charge in [-0.2, -0.15) is 5.26 Å². The third-order valence-corrected chi connectivity index (χ3v) is 3.07. The summed E-state index contributed by atoms with van der Waals surface area (Å²) < 4.78 is 5.32. The van der Waals surface area contributed by atoms with Crippen LogP contribution in [0.15, 0.2) is 29.8 Å². The Kier molecular flexibility index (Phi) is 3.55. The highest BCUT2D eigenvalue weighted by atomic mass is 35.5. The summed E-state index contributed by atoms with van der Waals surface area (Å²) in [5.41, 5.74) is 1.83. The Balaban J connectivity index is 2.27. The Morgan fingerprint density at radius 3 is 2.88 bits per heavy atom. The summed E-state index contributed by atoms with van der Waals surface area (Å²) in [6.45, 7) is 1.54. The van der Waals surface area contributed by atoms with Crippen molar-refractivity contribution in [2.45, 2.75) is 6.42 Å². The maximum Gasteiger partial charge on any atom is 0.142 e. The number of anilines is 1. The summed E-state index contributed by atoms with van der Waals surface area (Å²) >= 11 is 6.00. The molecule has 0 atom stereocenters. The van der Waals surface area contributed by atoms with Crippen molar-refractivity contribution < 1.29 is 4.74 Å². The molecule has 0 radical (unpaired) electrons. The molecule has 0 amide bonds. The van der Waals surface area contributed by atoms with Crippen LogP contribution >= 0.6 is 11.6 Å². The molecule has 1 aliphatic heterocycles. The van der Waals surface area contributed by atoms with Crippen molar-refractivity contribution in [2.75, 3.05) is 25.1 Å². The Bertz CT molecular complexity index is 491. The van der Waals surface area contributed by atoms with E-state index in [2.05, 4.69) is 11.0 Å². The maximum atomic E-state index is 8.81. The van der Waals surface area contributed by atoms with Gasteiger partial charge >= 0.3 is 0 Å². The van der Waals surface area contributed by atoms with Crippen LogP contribution in [0.25, 0.3) is 0 Å². The summed E-state index contributed by atoms with van der Waals surface area (Å²) in [7, 11) is 1.65. The van der Waals surface area contributed by atoms with Crippen LogP contribution in [-0.2, 0) is 0 Å². The smallest absolute Gasteiger partial charge is 0.142 e. The Morgan fingerprint density at radius 2 is 2.29 bits per heavy atom. The number of hydrogen-bond acceptors (Lipinski definition) is 3. The van der Waals surface area contributed by atoms with Gasteiger partial charge in [-0.25, -0.2) is 0 Å².